The van der Waals surface area contributed by atoms with Crippen molar-refractivity contribution in [2.75, 3.05) is 46.5 Å². The molecule has 0 saturated carbocycles. The molecule has 0 bridgehead atoms. The lowest BCUT2D eigenvalue weighted by atomic mass is 9.94. The number of carbonyl (C=O) groups is 2. The Morgan fingerprint density at radius 2 is 1.70 bits per heavy atom. The van der Waals surface area contributed by atoms with Gasteiger partial charge in [0.15, 0.2) is 0 Å². The first-order valence-corrected chi connectivity index (χ1v) is 11.3. The van der Waals surface area contributed by atoms with Crippen LogP contribution in [0.4, 0.5) is 0 Å². The maximum Gasteiger partial charge on any atom is 0.295 e. The van der Waals surface area contributed by atoms with Crippen LogP contribution in [0, 0.1) is 6.92 Å². The number of aryl methyl sites for hydroxylation is 1. The van der Waals surface area contributed by atoms with E-state index in [9.17, 15) is 14.7 Å². The quantitative estimate of drug-likeness (QED) is 0.397. The van der Waals surface area contributed by atoms with Gasteiger partial charge >= 0.3 is 0 Å². The second-order valence-corrected chi connectivity index (χ2v) is 8.44. The van der Waals surface area contributed by atoms with Crippen molar-refractivity contribution in [2.45, 2.75) is 19.4 Å². The van der Waals surface area contributed by atoms with E-state index in [2.05, 4.69) is 4.90 Å². The normalized spacial score (nSPS) is 20.9. The monoisotopic (exact) mass is 450 g/mol. The zero-order chi connectivity index (χ0) is 23.4. The molecule has 1 amide bonds. The third kappa shape index (κ3) is 4.94. The molecule has 2 aromatic rings. The number of carbonyl (C=O) groups excluding carboxylic acids is 2. The van der Waals surface area contributed by atoms with E-state index in [1.54, 1.807) is 36.3 Å². The zero-order valence-electron chi connectivity index (χ0n) is 19.1. The molecule has 33 heavy (non-hydrogen) atoms. The number of morpholine rings is 1. The van der Waals surface area contributed by atoms with Crippen LogP contribution in [-0.2, 0) is 14.3 Å². The van der Waals surface area contributed by atoms with Crippen LogP contribution in [0.1, 0.15) is 29.2 Å². The number of methoxy groups -OCH3 is 1. The predicted molar refractivity (Wildman–Crippen MR) is 125 cm³/mol. The highest BCUT2D eigenvalue weighted by Gasteiger charge is 2.45. The second kappa shape index (κ2) is 10.2. The summed E-state index contributed by atoms with van der Waals surface area (Å²) in [6.07, 6.45) is 0.734. The third-order valence-corrected chi connectivity index (χ3v) is 6.27. The Bertz CT molecular complexity index is 1020. The van der Waals surface area contributed by atoms with Gasteiger partial charge in [-0.2, -0.15) is 0 Å². The molecular weight excluding hydrogens is 420 g/mol. The Morgan fingerprint density at radius 3 is 2.33 bits per heavy atom. The summed E-state index contributed by atoms with van der Waals surface area (Å²) in [4.78, 5) is 30.1. The molecule has 7 heteroatoms. The molecule has 0 unspecified atom stereocenters. The highest BCUT2D eigenvalue weighted by atomic mass is 16.5. The average Bonchev–Trinajstić information content (AvgIpc) is 3.10. The first-order valence-electron chi connectivity index (χ1n) is 11.3. The van der Waals surface area contributed by atoms with E-state index in [0.717, 1.165) is 50.4 Å². The van der Waals surface area contributed by atoms with Gasteiger partial charge in [0.05, 0.1) is 31.9 Å². The summed E-state index contributed by atoms with van der Waals surface area (Å²) in [5.41, 5.74) is 2.49. The molecular formula is C26H30N2O5. The largest absolute Gasteiger partial charge is 0.507 e. The van der Waals surface area contributed by atoms with Gasteiger partial charge in [0, 0.05) is 31.7 Å². The highest BCUT2D eigenvalue weighted by molar-refractivity contribution is 6.46. The summed E-state index contributed by atoms with van der Waals surface area (Å²) >= 11 is 0. The van der Waals surface area contributed by atoms with Crippen LogP contribution < -0.4 is 4.74 Å². The Hall–Kier alpha value is -3.16. The Morgan fingerprint density at radius 1 is 1.03 bits per heavy atom. The molecule has 1 N–H and O–H groups in total. The van der Waals surface area contributed by atoms with Crippen molar-refractivity contribution in [3.8, 4) is 5.75 Å². The molecule has 174 valence electrons. The molecule has 2 fully saturated rings. The number of ketones is 1. The van der Waals surface area contributed by atoms with Crippen LogP contribution in [-0.4, -0.2) is 73.1 Å². The first-order chi connectivity index (χ1) is 16.0. The van der Waals surface area contributed by atoms with Gasteiger partial charge in [-0.1, -0.05) is 29.8 Å². The van der Waals surface area contributed by atoms with Crippen molar-refractivity contribution in [3.05, 3.63) is 70.8 Å². The van der Waals surface area contributed by atoms with Crippen LogP contribution in [0.5, 0.6) is 5.75 Å². The summed E-state index contributed by atoms with van der Waals surface area (Å²) in [7, 11) is 1.56. The number of amides is 1. The van der Waals surface area contributed by atoms with Gasteiger partial charge < -0.3 is 19.5 Å². The molecule has 1 atom stereocenters. The molecule has 2 heterocycles. The van der Waals surface area contributed by atoms with Gasteiger partial charge in [0.2, 0.25) is 0 Å². The van der Waals surface area contributed by atoms with Crippen molar-refractivity contribution >= 4 is 17.4 Å². The van der Waals surface area contributed by atoms with Gasteiger partial charge in [-0.3, -0.25) is 14.5 Å². The number of hydrogen-bond donors (Lipinski definition) is 1. The van der Waals surface area contributed by atoms with E-state index in [1.807, 2.05) is 31.2 Å². The number of aliphatic hydroxyl groups excluding tert-OH is 1. The first kappa shape index (κ1) is 23.0. The number of hydrogen-bond acceptors (Lipinski definition) is 6. The maximum atomic E-state index is 13.1. The van der Waals surface area contributed by atoms with Crippen LogP contribution in [0.2, 0.25) is 0 Å². The minimum atomic E-state index is -0.653. The molecule has 2 aromatic carbocycles. The van der Waals surface area contributed by atoms with E-state index in [0.29, 0.717) is 17.9 Å². The number of Topliss-reactive ketones (excluding diaryl/α,β-unsaturated/α-hetero) is 1. The van der Waals surface area contributed by atoms with Crippen LogP contribution >= 0.6 is 0 Å². The topological polar surface area (TPSA) is 79.3 Å². The van der Waals surface area contributed by atoms with Crippen LogP contribution in [0.15, 0.2) is 54.1 Å². The lowest BCUT2D eigenvalue weighted by Gasteiger charge is -2.29. The average molecular weight is 451 g/mol. The van der Waals surface area contributed by atoms with Crippen LogP contribution in [0.25, 0.3) is 5.76 Å². The van der Waals surface area contributed by atoms with Gasteiger partial charge in [-0.15, -0.1) is 0 Å². The van der Waals surface area contributed by atoms with Crippen molar-refractivity contribution in [2.24, 2.45) is 0 Å². The van der Waals surface area contributed by atoms with Gasteiger partial charge in [-0.25, -0.2) is 0 Å². The molecule has 0 aliphatic carbocycles. The van der Waals surface area contributed by atoms with Crippen LogP contribution in [0.3, 0.4) is 0 Å². The molecule has 2 aliphatic heterocycles. The van der Waals surface area contributed by atoms with Gasteiger partial charge in [0.1, 0.15) is 11.5 Å². The minimum Gasteiger partial charge on any atom is -0.507 e. The summed E-state index contributed by atoms with van der Waals surface area (Å²) in [5.74, 6) is -0.750. The number of nitrogens with zero attached hydrogens (tertiary/aromatic N) is 2. The van der Waals surface area contributed by atoms with Crippen molar-refractivity contribution in [1.29, 1.82) is 0 Å². The number of likely N-dealkylation sites (tertiary alicyclic amines) is 1. The fraction of sp³-hybridized carbons (Fsp3) is 0.385. The summed E-state index contributed by atoms with van der Waals surface area (Å²) in [6, 6.07) is 13.9. The summed E-state index contributed by atoms with van der Waals surface area (Å²) < 4.78 is 10.6. The third-order valence-electron chi connectivity index (χ3n) is 6.27. The highest BCUT2D eigenvalue weighted by Crippen LogP contribution is 2.39. The number of aliphatic hydroxyl groups is 1. The van der Waals surface area contributed by atoms with E-state index in [-0.39, 0.29) is 11.3 Å². The molecule has 0 spiro atoms. The maximum absolute atomic E-state index is 13.1. The predicted octanol–water partition coefficient (Wildman–Crippen LogP) is 3.15. The van der Waals surface area contributed by atoms with Crippen molar-refractivity contribution in [1.82, 2.24) is 9.80 Å². The number of rotatable bonds is 7. The smallest absolute Gasteiger partial charge is 0.295 e. The van der Waals surface area contributed by atoms with E-state index >= 15 is 0 Å². The van der Waals surface area contributed by atoms with E-state index in [4.69, 9.17) is 9.47 Å². The molecule has 2 aliphatic rings. The minimum absolute atomic E-state index is 0.125. The molecule has 0 radical (unpaired) electrons. The molecule has 7 nitrogen and oxygen atoms in total. The Balaban J connectivity index is 1.65. The van der Waals surface area contributed by atoms with Gasteiger partial charge in [0.25, 0.3) is 11.7 Å². The van der Waals surface area contributed by atoms with Gasteiger partial charge in [-0.05, 0) is 43.2 Å². The van der Waals surface area contributed by atoms with Crippen molar-refractivity contribution < 1.29 is 24.2 Å². The molecule has 2 saturated heterocycles. The lowest BCUT2D eigenvalue weighted by Crippen LogP contribution is -2.38. The lowest BCUT2D eigenvalue weighted by molar-refractivity contribution is -0.140. The van der Waals surface area contributed by atoms with E-state index < -0.39 is 17.7 Å². The zero-order valence-corrected chi connectivity index (χ0v) is 19.1. The molecule has 0 aromatic heterocycles. The standard InChI is InChI=1S/C26H30N2O5/c1-18-4-6-19(7-5-18)23-22(24(29)20-8-10-21(32-2)11-9-20)25(30)26(31)28(23)13-3-12-27-14-16-33-17-15-27/h4-11,23,29H,3,12-17H2,1-2H3/t23-/m0/s1. The Labute approximate surface area is 194 Å². The van der Waals surface area contributed by atoms with E-state index in [1.165, 1.54) is 0 Å². The molecule has 4 rings (SSSR count). The fourth-order valence-corrected chi connectivity index (χ4v) is 4.40. The fourth-order valence-electron chi connectivity index (χ4n) is 4.40. The summed E-state index contributed by atoms with van der Waals surface area (Å²) in [6.45, 7) is 6.42. The Kier molecular flexibility index (Phi) is 7.11. The second-order valence-electron chi connectivity index (χ2n) is 8.44. The summed E-state index contributed by atoms with van der Waals surface area (Å²) in [5, 5.41) is 11.1. The SMILES string of the molecule is COc1ccc(C(O)=C2C(=O)C(=O)N(CCCN3CCOCC3)[C@H]2c2ccc(C)cc2)cc1. The number of ether oxygens (including phenoxy) is 2. The van der Waals surface area contributed by atoms with Crippen molar-refractivity contribution in [3.63, 3.8) is 0 Å². The number of benzene rings is 2.